The van der Waals surface area contributed by atoms with Crippen molar-refractivity contribution in [3.63, 3.8) is 0 Å². The van der Waals surface area contributed by atoms with E-state index in [0.717, 1.165) is 34.5 Å². The molecule has 8 nitrogen and oxygen atoms in total. The lowest BCUT2D eigenvalue weighted by Crippen LogP contribution is -2.46. The SMILES string of the molecule is Cc1ccc(Nc2ncc3c(n2)N(C)C(=O)N(c2cc(NC(=O)c4cccc(C(F)(F)F)c4)ccc2C)C3)cc1. The molecule has 0 unspecified atom stereocenters. The maximum Gasteiger partial charge on any atom is 0.416 e. The van der Waals surface area contributed by atoms with E-state index in [1.807, 2.05) is 38.1 Å². The summed E-state index contributed by atoms with van der Waals surface area (Å²) in [5.74, 6) is 0.124. The van der Waals surface area contributed by atoms with Gasteiger partial charge in [-0.15, -0.1) is 0 Å². The number of benzene rings is 3. The van der Waals surface area contributed by atoms with Crippen LogP contribution in [0.25, 0.3) is 0 Å². The molecule has 0 spiro atoms. The van der Waals surface area contributed by atoms with Gasteiger partial charge in [0.1, 0.15) is 5.82 Å². The molecule has 5 rings (SSSR count). The zero-order valence-electron chi connectivity index (χ0n) is 21.9. The number of amides is 3. The Balaban J connectivity index is 1.37. The molecule has 1 aliphatic heterocycles. The molecule has 40 heavy (non-hydrogen) atoms. The van der Waals surface area contributed by atoms with Gasteiger partial charge >= 0.3 is 12.2 Å². The van der Waals surface area contributed by atoms with Gasteiger partial charge in [-0.3, -0.25) is 14.6 Å². The topological polar surface area (TPSA) is 90.5 Å². The summed E-state index contributed by atoms with van der Waals surface area (Å²) < 4.78 is 39.2. The third-order valence-corrected chi connectivity index (χ3v) is 6.52. The highest BCUT2D eigenvalue weighted by molar-refractivity contribution is 6.07. The van der Waals surface area contributed by atoms with E-state index in [4.69, 9.17) is 0 Å². The van der Waals surface area contributed by atoms with Crippen molar-refractivity contribution in [2.45, 2.75) is 26.6 Å². The summed E-state index contributed by atoms with van der Waals surface area (Å²) in [5.41, 5.74) is 3.24. The Morgan fingerprint density at radius 1 is 0.975 bits per heavy atom. The quantitative estimate of drug-likeness (QED) is 0.291. The van der Waals surface area contributed by atoms with Crippen LogP contribution >= 0.6 is 0 Å². The molecule has 204 valence electrons. The largest absolute Gasteiger partial charge is 0.416 e. The Morgan fingerprint density at radius 2 is 1.70 bits per heavy atom. The van der Waals surface area contributed by atoms with Gasteiger partial charge in [0.25, 0.3) is 5.91 Å². The monoisotopic (exact) mass is 546 g/mol. The van der Waals surface area contributed by atoms with Gasteiger partial charge in [-0.25, -0.2) is 9.78 Å². The van der Waals surface area contributed by atoms with Crippen LogP contribution in [0.3, 0.4) is 0 Å². The Kier molecular flexibility index (Phi) is 6.88. The number of hydrogen-bond acceptors (Lipinski definition) is 5. The van der Waals surface area contributed by atoms with Gasteiger partial charge in [0, 0.05) is 35.7 Å². The van der Waals surface area contributed by atoms with E-state index >= 15 is 0 Å². The molecule has 4 aromatic rings. The number of anilines is 5. The number of carbonyl (C=O) groups excluding carboxylic acids is 2. The van der Waals surface area contributed by atoms with E-state index in [2.05, 4.69) is 20.6 Å². The second-order valence-electron chi connectivity index (χ2n) is 9.50. The van der Waals surface area contributed by atoms with Gasteiger partial charge in [-0.2, -0.15) is 18.2 Å². The van der Waals surface area contributed by atoms with Crippen molar-refractivity contribution >= 4 is 40.8 Å². The number of nitrogens with one attached hydrogen (secondary N) is 2. The molecule has 3 amide bonds. The van der Waals surface area contributed by atoms with Crippen molar-refractivity contribution in [3.05, 3.63) is 101 Å². The Labute approximate surface area is 228 Å². The number of fused-ring (bicyclic) bond motifs is 1. The maximum atomic E-state index is 13.4. The van der Waals surface area contributed by atoms with Crippen molar-refractivity contribution in [2.75, 3.05) is 27.5 Å². The number of urea groups is 1. The van der Waals surface area contributed by atoms with Crippen LogP contribution < -0.4 is 20.4 Å². The number of nitrogens with zero attached hydrogens (tertiary/aromatic N) is 4. The van der Waals surface area contributed by atoms with Crippen LogP contribution in [0.2, 0.25) is 0 Å². The number of aromatic nitrogens is 2. The van der Waals surface area contributed by atoms with E-state index in [0.29, 0.717) is 23.1 Å². The first-order valence-corrected chi connectivity index (χ1v) is 12.3. The molecule has 3 aromatic carbocycles. The second kappa shape index (κ2) is 10.3. The molecule has 2 heterocycles. The number of alkyl halides is 3. The Hall–Kier alpha value is -4.93. The van der Waals surface area contributed by atoms with Crippen LogP contribution in [-0.2, 0) is 12.7 Å². The van der Waals surface area contributed by atoms with Crippen molar-refractivity contribution in [1.82, 2.24) is 9.97 Å². The summed E-state index contributed by atoms with van der Waals surface area (Å²) in [5, 5.41) is 5.78. The summed E-state index contributed by atoms with van der Waals surface area (Å²) in [7, 11) is 1.62. The highest BCUT2D eigenvalue weighted by Crippen LogP contribution is 2.34. The van der Waals surface area contributed by atoms with E-state index < -0.39 is 17.6 Å². The highest BCUT2D eigenvalue weighted by Gasteiger charge is 2.32. The third kappa shape index (κ3) is 5.44. The van der Waals surface area contributed by atoms with Crippen LogP contribution in [0.4, 0.5) is 46.8 Å². The molecule has 0 saturated heterocycles. The summed E-state index contributed by atoms with van der Waals surface area (Å²) in [4.78, 5) is 38.1. The van der Waals surface area contributed by atoms with Crippen molar-refractivity contribution in [3.8, 4) is 0 Å². The molecule has 2 N–H and O–H groups in total. The fraction of sp³-hybridized carbons (Fsp3) is 0.172. The predicted molar refractivity (Wildman–Crippen MR) is 147 cm³/mol. The number of rotatable bonds is 5. The number of halogens is 3. The average molecular weight is 547 g/mol. The lowest BCUT2D eigenvalue weighted by molar-refractivity contribution is -0.137. The third-order valence-electron chi connectivity index (χ3n) is 6.52. The van der Waals surface area contributed by atoms with E-state index in [9.17, 15) is 22.8 Å². The van der Waals surface area contributed by atoms with Gasteiger partial charge < -0.3 is 10.6 Å². The first-order chi connectivity index (χ1) is 19.0. The highest BCUT2D eigenvalue weighted by atomic mass is 19.4. The molecule has 11 heteroatoms. The lowest BCUT2D eigenvalue weighted by atomic mass is 10.1. The molecular formula is C29H25F3N6O2. The lowest BCUT2D eigenvalue weighted by Gasteiger charge is -2.35. The standard InChI is InChI=1S/C29H25F3N6O2/c1-17-7-10-22(11-8-17)35-27-33-15-20-16-38(28(40)37(3)25(20)36-27)24-14-23(12-9-18(24)2)34-26(39)19-5-4-6-21(13-19)29(30,31)32/h4-15H,16H2,1-3H3,(H,34,39)(H,33,35,36). The minimum Gasteiger partial charge on any atom is -0.324 e. The van der Waals surface area contributed by atoms with Crippen LogP contribution in [0.15, 0.2) is 72.9 Å². The molecule has 0 atom stereocenters. The van der Waals surface area contributed by atoms with E-state index in [-0.39, 0.29) is 18.1 Å². The van der Waals surface area contributed by atoms with E-state index in [1.54, 1.807) is 31.4 Å². The zero-order chi connectivity index (χ0) is 28.6. The van der Waals surface area contributed by atoms with Crippen LogP contribution in [0.5, 0.6) is 0 Å². The number of aryl methyl sites for hydroxylation is 2. The molecule has 1 aliphatic rings. The maximum absolute atomic E-state index is 13.4. The van der Waals surface area contributed by atoms with Gasteiger partial charge in [0.15, 0.2) is 0 Å². The molecule has 0 saturated carbocycles. The fourth-order valence-electron chi connectivity index (χ4n) is 4.34. The summed E-state index contributed by atoms with van der Waals surface area (Å²) in [6, 6.07) is 16.6. The molecule has 0 bridgehead atoms. The molecule has 0 aliphatic carbocycles. The average Bonchev–Trinajstić information content (AvgIpc) is 2.93. The molecular weight excluding hydrogens is 521 g/mol. The van der Waals surface area contributed by atoms with Gasteiger partial charge in [-0.05, 0) is 61.9 Å². The first-order valence-electron chi connectivity index (χ1n) is 12.3. The zero-order valence-corrected chi connectivity index (χ0v) is 21.9. The molecule has 0 fully saturated rings. The predicted octanol–water partition coefficient (Wildman–Crippen LogP) is 6.68. The van der Waals surface area contributed by atoms with Gasteiger partial charge in [0.05, 0.1) is 17.8 Å². The Bertz CT molecular complexity index is 1600. The van der Waals surface area contributed by atoms with Crippen LogP contribution in [0.1, 0.15) is 32.6 Å². The first kappa shape index (κ1) is 26.7. The minimum absolute atomic E-state index is 0.133. The van der Waals surface area contributed by atoms with E-state index in [1.165, 1.54) is 21.9 Å². The normalized spacial score (nSPS) is 13.2. The van der Waals surface area contributed by atoms with Crippen molar-refractivity contribution in [1.29, 1.82) is 0 Å². The second-order valence-corrected chi connectivity index (χ2v) is 9.50. The summed E-state index contributed by atoms with van der Waals surface area (Å²) >= 11 is 0. The molecule has 1 aromatic heterocycles. The fourth-order valence-corrected chi connectivity index (χ4v) is 4.34. The summed E-state index contributed by atoms with van der Waals surface area (Å²) in [6.45, 7) is 4.00. The number of hydrogen-bond donors (Lipinski definition) is 2. The van der Waals surface area contributed by atoms with Crippen LogP contribution in [0, 0.1) is 13.8 Å². The van der Waals surface area contributed by atoms with Crippen molar-refractivity contribution < 1.29 is 22.8 Å². The minimum atomic E-state index is -4.56. The number of carbonyl (C=O) groups is 2. The Morgan fingerprint density at radius 3 is 2.42 bits per heavy atom. The van der Waals surface area contributed by atoms with Gasteiger partial charge in [-0.1, -0.05) is 29.8 Å². The van der Waals surface area contributed by atoms with Crippen molar-refractivity contribution in [2.24, 2.45) is 0 Å². The van der Waals surface area contributed by atoms with Crippen LogP contribution in [-0.4, -0.2) is 29.0 Å². The van der Waals surface area contributed by atoms with Gasteiger partial charge in [0.2, 0.25) is 5.95 Å². The summed E-state index contributed by atoms with van der Waals surface area (Å²) in [6.07, 6.45) is -2.91. The smallest absolute Gasteiger partial charge is 0.324 e. The molecule has 0 radical (unpaired) electrons.